The van der Waals surface area contributed by atoms with Crippen LogP contribution in [-0.4, -0.2) is 68.4 Å². The molecular formula is C30H36ClF2NO6S2. The van der Waals surface area contributed by atoms with Crippen LogP contribution in [0.15, 0.2) is 41.3 Å². The molecule has 0 spiro atoms. The summed E-state index contributed by atoms with van der Waals surface area (Å²) in [6, 6.07) is 7.65. The predicted octanol–water partition coefficient (Wildman–Crippen LogP) is 6.61. The Morgan fingerprint density at radius 1 is 1.17 bits per heavy atom. The number of ether oxygens (including phenoxy) is 3. The highest BCUT2D eigenvalue weighted by Gasteiger charge is 2.61. The summed E-state index contributed by atoms with van der Waals surface area (Å²) in [5.41, 5.74) is -0.841. The van der Waals surface area contributed by atoms with Crippen LogP contribution in [0.2, 0.25) is 5.02 Å². The van der Waals surface area contributed by atoms with Gasteiger partial charge in [0.05, 0.1) is 23.2 Å². The molecule has 0 unspecified atom stereocenters. The average molecular weight is 644 g/mol. The van der Waals surface area contributed by atoms with E-state index in [-0.39, 0.29) is 47.2 Å². The molecule has 12 heteroatoms. The van der Waals surface area contributed by atoms with Crippen LogP contribution in [0.4, 0.5) is 13.6 Å². The van der Waals surface area contributed by atoms with Crippen molar-refractivity contribution >= 4 is 39.3 Å². The number of nitrogens with zero attached hydrogens (tertiary/aromatic N) is 1. The topological polar surface area (TPSA) is 82.1 Å². The largest absolute Gasteiger partial charge is 0.490 e. The van der Waals surface area contributed by atoms with Gasteiger partial charge in [0.25, 0.3) is 0 Å². The van der Waals surface area contributed by atoms with Crippen molar-refractivity contribution in [1.82, 2.24) is 4.90 Å². The first-order chi connectivity index (χ1) is 19.8. The Kier molecular flexibility index (Phi) is 9.05. The number of sulfone groups is 1. The van der Waals surface area contributed by atoms with Crippen LogP contribution in [0.1, 0.15) is 52.0 Å². The second-order valence-corrected chi connectivity index (χ2v) is 16.1. The van der Waals surface area contributed by atoms with E-state index in [4.69, 9.17) is 25.8 Å². The third kappa shape index (κ3) is 5.99. The number of hydrogen-bond acceptors (Lipinski definition) is 7. The van der Waals surface area contributed by atoms with Crippen molar-refractivity contribution in [2.75, 3.05) is 32.1 Å². The van der Waals surface area contributed by atoms with Crippen molar-refractivity contribution in [1.29, 1.82) is 0 Å². The molecule has 7 nitrogen and oxygen atoms in total. The summed E-state index contributed by atoms with van der Waals surface area (Å²) >= 11 is 7.73. The molecule has 0 bridgehead atoms. The lowest BCUT2D eigenvalue weighted by molar-refractivity contribution is -0.0731. The quantitative estimate of drug-likeness (QED) is 0.350. The second-order valence-electron chi connectivity index (χ2n) is 12.0. The first kappa shape index (κ1) is 31.3. The standard InChI is InChI=1S/C30H36ClF2NO6S2/c1-29(2,3)40-28(35)34-14-4-5-20(17-34)41-16-12-25-22-18-39-27-24(33)11-10-23(32)26(27)30(22,13-15-38-25)42(36,37)21-8-6-19(31)7-9-21/h6-11,20,22,25H,4-5,12-18H2,1-3H3/t20-,22+,25+,30+/m1/s1. The number of fused-ring (bicyclic) bond motifs is 3. The third-order valence-electron chi connectivity index (χ3n) is 8.13. The molecule has 2 aromatic carbocycles. The van der Waals surface area contributed by atoms with Gasteiger partial charge in [-0.1, -0.05) is 11.6 Å². The van der Waals surface area contributed by atoms with Crippen LogP contribution in [0.3, 0.4) is 0 Å². The lowest BCUT2D eigenvalue weighted by Gasteiger charge is -2.50. The fourth-order valence-corrected chi connectivity index (χ4v) is 10.0. The molecule has 1 amide bonds. The number of rotatable bonds is 6. The highest BCUT2D eigenvalue weighted by atomic mass is 35.5. The molecule has 230 valence electrons. The van der Waals surface area contributed by atoms with E-state index >= 15 is 4.39 Å². The molecule has 42 heavy (non-hydrogen) atoms. The van der Waals surface area contributed by atoms with E-state index in [1.54, 1.807) is 16.7 Å². The van der Waals surface area contributed by atoms with Crippen LogP contribution < -0.4 is 4.74 Å². The van der Waals surface area contributed by atoms with Crippen LogP contribution in [0.25, 0.3) is 0 Å². The summed E-state index contributed by atoms with van der Waals surface area (Å²) < 4.78 is 75.0. The van der Waals surface area contributed by atoms with E-state index < -0.39 is 43.8 Å². The summed E-state index contributed by atoms with van der Waals surface area (Å²) in [6.45, 7) is 6.65. The lowest BCUT2D eigenvalue weighted by atomic mass is 9.75. The number of halogens is 3. The zero-order valence-electron chi connectivity index (χ0n) is 23.9. The van der Waals surface area contributed by atoms with E-state index in [1.165, 1.54) is 24.3 Å². The molecule has 3 heterocycles. The lowest BCUT2D eigenvalue weighted by Crippen LogP contribution is -2.57. The minimum absolute atomic E-state index is 0.0205. The van der Waals surface area contributed by atoms with Crippen LogP contribution in [0, 0.1) is 17.6 Å². The molecule has 0 N–H and O–H groups in total. The summed E-state index contributed by atoms with van der Waals surface area (Å²) in [5, 5.41) is 0.551. The first-order valence-corrected chi connectivity index (χ1v) is 17.1. The van der Waals surface area contributed by atoms with E-state index in [9.17, 15) is 17.6 Å². The fourth-order valence-electron chi connectivity index (χ4n) is 6.25. The van der Waals surface area contributed by atoms with Crippen LogP contribution >= 0.6 is 23.4 Å². The SMILES string of the molecule is CC(C)(C)OC(=O)N1CCC[C@@H](SCC[C@@H]2OCC[C@@]3(S(=O)(=O)c4ccc(Cl)cc4)c4c(F)ccc(F)c4OC[C@@H]23)C1. The number of hydrogen-bond donors (Lipinski definition) is 0. The Hall–Kier alpha value is -2.08. The number of carbonyl (C=O) groups excluding carboxylic acids is 1. The van der Waals surface area contributed by atoms with Gasteiger partial charge in [-0.25, -0.2) is 22.0 Å². The zero-order valence-corrected chi connectivity index (χ0v) is 26.3. The van der Waals surface area contributed by atoms with Crippen molar-refractivity contribution in [3.63, 3.8) is 0 Å². The molecule has 4 atom stereocenters. The molecule has 0 aliphatic carbocycles. The smallest absolute Gasteiger partial charge is 0.410 e. The third-order valence-corrected chi connectivity index (χ3v) is 12.3. The Balaban J connectivity index is 1.39. The van der Waals surface area contributed by atoms with E-state index in [2.05, 4.69) is 0 Å². The summed E-state index contributed by atoms with van der Waals surface area (Å²) in [7, 11) is -4.25. The van der Waals surface area contributed by atoms with Crippen LogP contribution in [-0.2, 0) is 24.1 Å². The molecular weight excluding hydrogens is 608 g/mol. The maximum absolute atomic E-state index is 15.6. The Morgan fingerprint density at radius 2 is 1.88 bits per heavy atom. The van der Waals surface area contributed by atoms with E-state index in [1.807, 2.05) is 20.8 Å². The van der Waals surface area contributed by atoms with Gasteiger partial charge in [0, 0.05) is 35.9 Å². The Labute approximate surface area is 255 Å². The minimum atomic E-state index is -4.25. The van der Waals surface area contributed by atoms with Gasteiger partial charge in [0.2, 0.25) is 0 Å². The molecule has 0 saturated carbocycles. The molecule has 5 rings (SSSR count). The molecule has 3 aliphatic rings. The number of likely N-dealkylation sites (tertiary alicyclic amines) is 1. The van der Waals surface area contributed by atoms with Gasteiger partial charge >= 0.3 is 6.09 Å². The summed E-state index contributed by atoms with van der Waals surface area (Å²) in [4.78, 5) is 14.3. The first-order valence-electron chi connectivity index (χ1n) is 14.2. The van der Waals surface area contributed by atoms with Gasteiger partial charge in [0.15, 0.2) is 21.4 Å². The monoisotopic (exact) mass is 643 g/mol. The normalized spacial score (nSPS) is 26.1. The van der Waals surface area contributed by atoms with Gasteiger partial charge in [0.1, 0.15) is 16.2 Å². The van der Waals surface area contributed by atoms with Gasteiger partial charge in [-0.05, 0) is 88.6 Å². The molecule has 2 saturated heterocycles. The highest BCUT2D eigenvalue weighted by Crippen LogP contribution is 2.56. The average Bonchev–Trinajstić information content (AvgIpc) is 2.94. The number of piperidine rings is 1. The maximum Gasteiger partial charge on any atom is 0.410 e. The Morgan fingerprint density at radius 3 is 2.60 bits per heavy atom. The molecule has 0 radical (unpaired) electrons. The molecule has 2 fully saturated rings. The minimum Gasteiger partial charge on any atom is -0.490 e. The molecule has 0 aromatic heterocycles. The summed E-state index contributed by atoms with van der Waals surface area (Å²) in [5.74, 6) is -2.14. The van der Waals surface area contributed by atoms with Gasteiger partial charge in [-0.3, -0.25) is 0 Å². The van der Waals surface area contributed by atoms with Gasteiger partial charge in [-0.15, -0.1) is 0 Å². The maximum atomic E-state index is 15.6. The second kappa shape index (κ2) is 12.1. The highest BCUT2D eigenvalue weighted by molar-refractivity contribution is 7.99. The van der Waals surface area contributed by atoms with Gasteiger partial charge in [-0.2, -0.15) is 11.8 Å². The van der Waals surface area contributed by atoms with Gasteiger partial charge < -0.3 is 19.1 Å². The molecule has 3 aliphatic heterocycles. The predicted molar refractivity (Wildman–Crippen MR) is 158 cm³/mol. The number of carbonyl (C=O) groups is 1. The Bertz CT molecular complexity index is 1420. The van der Waals surface area contributed by atoms with Crippen molar-refractivity contribution in [3.05, 3.63) is 58.6 Å². The zero-order chi connectivity index (χ0) is 30.3. The number of thioether (sulfide) groups is 1. The fraction of sp³-hybridized carbons (Fsp3) is 0.567. The van der Waals surface area contributed by atoms with Crippen LogP contribution in [0.5, 0.6) is 5.75 Å². The number of amides is 1. The van der Waals surface area contributed by atoms with Crippen molar-refractivity contribution in [2.24, 2.45) is 5.92 Å². The van der Waals surface area contributed by atoms with Crippen molar-refractivity contribution in [3.8, 4) is 5.75 Å². The van der Waals surface area contributed by atoms with E-state index in [0.717, 1.165) is 25.0 Å². The van der Waals surface area contributed by atoms with Crippen molar-refractivity contribution in [2.45, 2.75) is 73.1 Å². The molecule has 2 aromatic rings. The number of benzene rings is 2. The van der Waals surface area contributed by atoms with E-state index in [0.29, 0.717) is 30.3 Å². The van der Waals surface area contributed by atoms with Crippen molar-refractivity contribution < 1.29 is 36.2 Å². The summed E-state index contributed by atoms with van der Waals surface area (Å²) in [6.07, 6.45) is 1.33.